The molecule has 4 aromatic rings. The fourth-order valence-corrected chi connectivity index (χ4v) is 5.06. The summed E-state index contributed by atoms with van der Waals surface area (Å²) in [5.41, 5.74) is 13.2. The monoisotopic (exact) mass is 616 g/mol. The number of nitrogens with one attached hydrogen (secondary N) is 1. The number of aromatic nitrogens is 3. The second-order valence-corrected chi connectivity index (χ2v) is 11.6. The van der Waals surface area contributed by atoms with Gasteiger partial charge in [0.1, 0.15) is 22.9 Å². The molecule has 0 saturated heterocycles. The van der Waals surface area contributed by atoms with Crippen molar-refractivity contribution in [3.63, 3.8) is 0 Å². The second-order valence-electron chi connectivity index (χ2n) is 9.77. The lowest BCUT2D eigenvalue weighted by Crippen LogP contribution is -2.18. The van der Waals surface area contributed by atoms with Crippen LogP contribution in [0.15, 0.2) is 48.7 Å². The fraction of sp³-hybridized carbons (Fsp3) is 0.367. The third-order valence-corrected chi connectivity index (χ3v) is 7.23. The Morgan fingerprint density at radius 2 is 1.81 bits per heavy atom. The molecule has 0 aliphatic heterocycles. The van der Waals surface area contributed by atoms with Gasteiger partial charge in [-0.25, -0.2) is 27.8 Å². The zero-order valence-corrected chi connectivity index (χ0v) is 25.5. The highest BCUT2D eigenvalue weighted by Crippen LogP contribution is 2.37. The summed E-state index contributed by atoms with van der Waals surface area (Å²) in [6.45, 7) is 8.76. The highest BCUT2D eigenvalue weighted by atomic mass is 32.2. The fourth-order valence-electron chi connectivity index (χ4n) is 3.98. The Bertz CT molecular complexity index is 1620. The lowest BCUT2D eigenvalue weighted by molar-refractivity contribution is 0.148. The number of halogens is 2. The zero-order valence-electron chi connectivity index (χ0n) is 24.7. The van der Waals surface area contributed by atoms with Gasteiger partial charge in [0, 0.05) is 35.9 Å². The van der Waals surface area contributed by atoms with Gasteiger partial charge in [0.05, 0.1) is 24.2 Å². The van der Waals surface area contributed by atoms with Gasteiger partial charge in [-0.15, -0.1) is 0 Å². The van der Waals surface area contributed by atoms with E-state index < -0.39 is 28.3 Å². The maximum absolute atomic E-state index is 15.5. The molecular weight excluding hydrogens is 578 g/mol. The molecule has 4 rings (SSSR count). The minimum atomic E-state index is -3.93. The Balaban J connectivity index is 0.000000765. The summed E-state index contributed by atoms with van der Waals surface area (Å²) in [6.07, 6.45) is 2.23. The molecule has 43 heavy (non-hydrogen) atoms. The normalized spacial score (nSPS) is 11.3. The van der Waals surface area contributed by atoms with Gasteiger partial charge >= 0.3 is 0 Å². The van der Waals surface area contributed by atoms with Gasteiger partial charge in [-0.2, -0.15) is 0 Å². The van der Waals surface area contributed by atoms with Crippen LogP contribution in [0, 0.1) is 5.82 Å². The SMILES string of the molecule is CC(C)Oc1cc(-c2cccc(NS(=O)(=O)CCCF)c2F)cc2c(N)nc(-c3ccc(N)nc3)nc12.CCCOCC. The van der Waals surface area contributed by atoms with Crippen molar-refractivity contribution in [2.75, 3.05) is 41.8 Å². The molecule has 2 heterocycles. The first-order valence-electron chi connectivity index (χ1n) is 13.9. The molecule has 0 aliphatic carbocycles. The van der Waals surface area contributed by atoms with Crippen LogP contribution in [0.25, 0.3) is 33.4 Å². The molecule has 0 saturated carbocycles. The van der Waals surface area contributed by atoms with Gasteiger partial charge in [-0.05, 0) is 69.5 Å². The molecule has 0 spiro atoms. The molecule has 0 amide bonds. The summed E-state index contributed by atoms with van der Waals surface area (Å²) < 4.78 is 65.5. The summed E-state index contributed by atoms with van der Waals surface area (Å²) in [5, 5.41) is 0.425. The van der Waals surface area contributed by atoms with Crippen LogP contribution in [-0.4, -0.2) is 55.1 Å². The number of fused-ring (bicyclic) bond motifs is 1. The predicted molar refractivity (Wildman–Crippen MR) is 168 cm³/mol. The van der Waals surface area contributed by atoms with Crippen molar-refractivity contribution in [1.29, 1.82) is 0 Å². The molecule has 13 heteroatoms. The van der Waals surface area contributed by atoms with Crippen LogP contribution < -0.4 is 20.9 Å². The third kappa shape index (κ3) is 9.19. The van der Waals surface area contributed by atoms with Gasteiger partial charge in [0.25, 0.3) is 0 Å². The average molecular weight is 617 g/mol. The second kappa shape index (κ2) is 15.4. The van der Waals surface area contributed by atoms with E-state index in [1.807, 2.05) is 20.8 Å². The summed E-state index contributed by atoms with van der Waals surface area (Å²) in [7, 11) is -3.93. The smallest absolute Gasteiger partial charge is 0.232 e. The van der Waals surface area contributed by atoms with E-state index in [9.17, 15) is 12.8 Å². The molecule has 0 bridgehead atoms. The Labute approximate surface area is 250 Å². The maximum Gasteiger partial charge on any atom is 0.232 e. The van der Waals surface area contributed by atoms with Crippen molar-refractivity contribution in [1.82, 2.24) is 15.0 Å². The molecule has 0 atom stereocenters. The first-order valence-corrected chi connectivity index (χ1v) is 15.6. The molecule has 0 fully saturated rings. The van der Waals surface area contributed by atoms with E-state index in [1.165, 1.54) is 24.4 Å². The average Bonchev–Trinajstić information content (AvgIpc) is 2.96. The predicted octanol–water partition coefficient (Wildman–Crippen LogP) is 5.98. The number of pyridine rings is 1. The molecule has 232 valence electrons. The quantitative estimate of drug-likeness (QED) is 0.163. The summed E-state index contributed by atoms with van der Waals surface area (Å²) >= 11 is 0. The molecule has 5 N–H and O–H groups in total. The number of nitrogen functional groups attached to an aromatic ring is 2. The summed E-state index contributed by atoms with van der Waals surface area (Å²) in [4.78, 5) is 13.1. The number of hydrogen-bond donors (Lipinski definition) is 3. The Morgan fingerprint density at radius 1 is 1.05 bits per heavy atom. The summed E-state index contributed by atoms with van der Waals surface area (Å²) in [5.74, 6) is -0.125. The van der Waals surface area contributed by atoms with Gasteiger partial charge in [-0.1, -0.05) is 19.1 Å². The Kier molecular flexibility index (Phi) is 12.0. The van der Waals surface area contributed by atoms with Crippen molar-refractivity contribution in [2.45, 2.75) is 46.6 Å². The number of nitrogens with zero attached hydrogens (tertiary/aromatic N) is 3. The van der Waals surface area contributed by atoms with Gasteiger partial charge in [-0.3, -0.25) is 9.11 Å². The molecule has 2 aromatic heterocycles. The van der Waals surface area contributed by atoms with Crippen LogP contribution in [0.2, 0.25) is 0 Å². The van der Waals surface area contributed by atoms with Crippen LogP contribution in [0.3, 0.4) is 0 Å². The van der Waals surface area contributed by atoms with E-state index in [4.69, 9.17) is 20.9 Å². The highest BCUT2D eigenvalue weighted by molar-refractivity contribution is 7.92. The van der Waals surface area contributed by atoms with Crippen molar-refractivity contribution in [3.8, 4) is 28.3 Å². The van der Waals surface area contributed by atoms with Crippen molar-refractivity contribution in [2.24, 2.45) is 0 Å². The number of anilines is 3. The number of nitrogens with two attached hydrogens (primary N) is 2. The minimum Gasteiger partial charge on any atom is -0.489 e. The number of benzene rings is 2. The first kappa shape index (κ1) is 33.4. The molecule has 10 nitrogen and oxygen atoms in total. The van der Waals surface area contributed by atoms with Crippen molar-refractivity contribution >= 4 is 38.2 Å². The van der Waals surface area contributed by atoms with E-state index in [-0.39, 0.29) is 29.6 Å². The van der Waals surface area contributed by atoms with E-state index >= 15 is 4.39 Å². The number of ether oxygens (including phenoxy) is 2. The van der Waals surface area contributed by atoms with E-state index in [0.29, 0.717) is 39.4 Å². The van der Waals surface area contributed by atoms with E-state index in [1.54, 1.807) is 24.3 Å². The lowest BCUT2D eigenvalue weighted by atomic mass is 10.0. The molecule has 2 aromatic carbocycles. The highest BCUT2D eigenvalue weighted by Gasteiger charge is 2.20. The van der Waals surface area contributed by atoms with Gasteiger partial charge in [0.2, 0.25) is 10.0 Å². The standard InChI is InChI=1S/C25H26F2N6O3S.C5H12O/c1-14(2)36-20-12-16(17-5-3-6-19(22(17)27)33-37(34,35)10-4-9-26)11-18-23(20)31-25(32-24(18)29)15-7-8-21(28)30-13-15;1-3-5-6-4-2/h3,5-8,11-14,33H,4,9-10H2,1-2H3,(H2,28,30)(H2,29,31,32);3-5H2,1-2H3. The maximum atomic E-state index is 15.5. The topological polar surface area (TPSA) is 155 Å². The van der Waals surface area contributed by atoms with Crippen LogP contribution in [0.1, 0.15) is 40.5 Å². The molecule has 0 unspecified atom stereocenters. The van der Waals surface area contributed by atoms with Crippen LogP contribution in [-0.2, 0) is 14.8 Å². The largest absolute Gasteiger partial charge is 0.489 e. The molecule has 0 aliphatic rings. The zero-order chi connectivity index (χ0) is 31.6. The molecule has 0 radical (unpaired) electrons. The third-order valence-electron chi connectivity index (χ3n) is 5.88. The van der Waals surface area contributed by atoms with Crippen molar-refractivity contribution < 1.29 is 26.7 Å². The van der Waals surface area contributed by atoms with Crippen LogP contribution in [0.5, 0.6) is 5.75 Å². The number of sulfonamides is 1. The molecular formula is C30H38F2N6O4S. The van der Waals surface area contributed by atoms with Gasteiger partial charge < -0.3 is 20.9 Å². The van der Waals surface area contributed by atoms with Gasteiger partial charge in [0.15, 0.2) is 11.6 Å². The lowest BCUT2D eigenvalue weighted by Gasteiger charge is -2.17. The first-order chi connectivity index (χ1) is 20.5. The summed E-state index contributed by atoms with van der Waals surface area (Å²) in [6, 6.07) is 10.9. The Hall–Kier alpha value is -4.10. The van der Waals surface area contributed by atoms with E-state index in [2.05, 4.69) is 26.6 Å². The van der Waals surface area contributed by atoms with Crippen molar-refractivity contribution in [3.05, 3.63) is 54.5 Å². The van der Waals surface area contributed by atoms with E-state index in [0.717, 1.165) is 19.6 Å². The van der Waals surface area contributed by atoms with Crippen LogP contribution in [0.4, 0.5) is 26.1 Å². The Morgan fingerprint density at radius 3 is 2.42 bits per heavy atom. The van der Waals surface area contributed by atoms with Crippen LogP contribution >= 0.6 is 0 Å². The number of rotatable bonds is 12. The number of alkyl halides is 1. The number of hydrogen-bond acceptors (Lipinski definition) is 9. The minimum absolute atomic E-state index is 0.104.